The van der Waals surface area contributed by atoms with Crippen molar-refractivity contribution in [3.8, 4) is 0 Å². The lowest BCUT2D eigenvalue weighted by Crippen LogP contribution is -2.24. The second-order valence-corrected chi connectivity index (χ2v) is 5.93. The number of halogens is 6. The van der Waals surface area contributed by atoms with Gasteiger partial charge in [-0.15, -0.1) is 0 Å². The Hall–Kier alpha value is -3.11. The first-order chi connectivity index (χ1) is 13.4. The molecule has 0 aliphatic rings. The highest BCUT2D eigenvalue weighted by Gasteiger charge is 2.36. The predicted octanol–water partition coefficient (Wildman–Crippen LogP) is 4.40. The summed E-state index contributed by atoms with van der Waals surface area (Å²) in [5.41, 5.74) is -3.28. The molecule has 156 valence electrons. The third kappa shape index (κ3) is 6.19. The maximum atomic E-state index is 12.9. The zero-order chi connectivity index (χ0) is 21.8. The van der Waals surface area contributed by atoms with Gasteiger partial charge in [-0.25, -0.2) is 4.98 Å². The van der Waals surface area contributed by atoms with Crippen LogP contribution in [0.2, 0.25) is 0 Å². The summed E-state index contributed by atoms with van der Waals surface area (Å²) in [5.74, 6) is -1.02. The number of carbonyl (C=O) groups is 2. The second kappa shape index (κ2) is 8.50. The number of anilines is 1. The van der Waals surface area contributed by atoms with Crippen molar-refractivity contribution in [2.24, 2.45) is 0 Å². The van der Waals surface area contributed by atoms with Gasteiger partial charge < -0.3 is 10.6 Å². The fourth-order valence-corrected chi connectivity index (χ4v) is 2.28. The summed E-state index contributed by atoms with van der Waals surface area (Å²) in [4.78, 5) is 27.4. The number of amides is 2. The number of benzene rings is 1. The molecule has 1 aromatic heterocycles. The van der Waals surface area contributed by atoms with E-state index in [1.54, 1.807) is 6.92 Å². The van der Waals surface area contributed by atoms with Gasteiger partial charge in [0.2, 0.25) is 5.91 Å². The van der Waals surface area contributed by atoms with Crippen LogP contribution in [0, 0.1) is 0 Å². The van der Waals surface area contributed by atoms with Crippen LogP contribution in [0.4, 0.5) is 32.2 Å². The molecule has 0 radical (unpaired) electrons. The van der Waals surface area contributed by atoms with Crippen LogP contribution >= 0.6 is 0 Å². The summed E-state index contributed by atoms with van der Waals surface area (Å²) in [5, 5.41) is 4.68. The summed E-state index contributed by atoms with van der Waals surface area (Å²) in [6.45, 7) is 1.04. The first kappa shape index (κ1) is 22.2. The van der Waals surface area contributed by atoms with Crippen molar-refractivity contribution in [1.82, 2.24) is 10.3 Å². The number of carbonyl (C=O) groups excluding carboxylic acids is 2. The molecule has 0 aliphatic carbocycles. The van der Waals surface area contributed by atoms with Crippen LogP contribution < -0.4 is 10.6 Å². The quantitative estimate of drug-likeness (QED) is 0.706. The van der Waals surface area contributed by atoms with Crippen molar-refractivity contribution in [2.45, 2.75) is 32.2 Å². The maximum absolute atomic E-state index is 12.9. The number of nitrogens with zero attached hydrogens (tertiary/aromatic N) is 1. The van der Waals surface area contributed by atoms with E-state index in [-0.39, 0.29) is 35.3 Å². The van der Waals surface area contributed by atoms with Crippen LogP contribution in [0.25, 0.3) is 0 Å². The van der Waals surface area contributed by atoms with Crippen LogP contribution in [0.5, 0.6) is 0 Å². The summed E-state index contributed by atoms with van der Waals surface area (Å²) in [6.07, 6.45) is -8.55. The Labute approximate surface area is 161 Å². The van der Waals surface area contributed by atoms with E-state index in [1.807, 2.05) is 0 Å². The van der Waals surface area contributed by atoms with Gasteiger partial charge in [0.25, 0.3) is 5.91 Å². The fraction of sp³-hybridized carbons (Fsp3) is 0.278. The van der Waals surface area contributed by atoms with Crippen LogP contribution in [-0.4, -0.2) is 16.8 Å². The van der Waals surface area contributed by atoms with Gasteiger partial charge in [-0.3, -0.25) is 9.59 Å². The minimum absolute atomic E-state index is 0.0108. The monoisotopic (exact) mass is 419 g/mol. The molecule has 0 aliphatic heterocycles. The van der Waals surface area contributed by atoms with E-state index >= 15 is 0 Å². The zero-order valence-corrected chi connectivity index (χ0v) is 14.9. The lowest BCUT2D eigenvalue weighted by Gasteiger charge is -2.14. The molecular weight excluding hydrogens is 404 g/mol. The van der Waals surface area contributed by atoms with Gasteiger partial charge in [-0.05, 0) is 35.9 Å². The first-order valence-corrected chi connectivity index (χ1v) is 8.22. The van der Waals surface area contributed by atoms with Crippen molar-refractivity contribution in [3.63, 3.8) is 0 Å². The Bertz CT molecular complexity index is 877. The molecule has 0 spiro atoms. The molecule has 0 saturated heterocycles. The Morgan fingerprint density at radius 2 is 1.55 bits per heavy atom. The van der Waals surface area contributed by atoms with E-state index < -0.39 is 35.9 Å². The van der Waals surface area contributed by atoms with E-state index in [1.165, 1.54) is 18.3 Å². The Balaban J connectivity index is 2.20. The van der Waals surface area contributed by atoms with Gasteiger partial charge in [-0.1, -0.05) is 6.92 Å². The number of hydrogen-bond acceptors (Lipinski definition) is 3. The molecule has 2 N–H and O–H groups in total. The molecule has 0 unspecified atom stereocenters. The molecule has 11 heteroatoms. The van der Waals surface area contributed by atoms with Crippen molar-refractivity contribution >= 4 is 17.6 Å². The minimum atomic E-state index is -4.97. The smallest absolute Gasteiger partial charge is 0.348 e. The highest BCUT2D eigenvalue weighted by atomic mass is 19.4. The van der Waals surface area contributed by atoms with Crippen molar-refractivity contribution in [1.29, 1.82) is 0 Å². The van der Waals surface area contributed by atoms with Gasteiger partial charge in [0.1, 0.15) is 5.82 Å². The topological polar surface area (TPSA) is 71.1 Å². The second-order valence-electron chi connectivity index (χ2n) is 5.93. The third-order valence-corrected chi connectivity index (χ3v) is 3.71. The number of nitrogens with one attached hydrogen (secondary N) is 2. The van der Waals surface area contributed by atoms with Crippen molar-refractivity contribution in [3.05, 3.63) is 58.8 Å². The molecule has 1 aromatic carbocycles. The van der Waals surface area contributed by atoms with E-state index in [0.717, 1.165) is 0 Å². The summed E-state index contributed by atoms with van der Waals surface area (Å²) in [6, 6.07) is 3.60. The van der Waals surface area contributed by atoms with Gasteiger partial charge in [-0.2, -0.15) is 26.3 Å². The standard InChI is InChI=1S/C18H15F6N3O2/c1-2-15(28)27-14-7-11(3-4-25-14)16(29)26-9-10-5-12(17(19,20)21)8-13(6-10)18(22,23)24/h3-8H,2,9H2,1H3,(H,26,29)(H,25,27,28). The number of pyridine rings is 1. The Morgan fingerprint density at radius 1 is 0.966 bits per heavy atom. The normalized spacial score (nSPS) is 11.8. The summed E-state index contributed by atoms with van der Waals surface area (Å²) in [7, 11) is 0. The van der Waals surface area contributed by atoms with Gasteiger partial charge in [0, 0.05) is 24.7 Å². The average Bonchev–Trinajstić information content (AvgIpc) is 2.64. The van der Waals surface area contributed by atoms with Crippen molar-refractivity contribution in [2.75, 3.05) is 5.32 Å². The Kier molecular flexibility index (Phi) is 6.50. The van der Waals surface area contributed by atoms with Crippen LogP contribution in [0.1, 0.15) is 40.4 Å². The molecule has 29 heavy (non-hydrogen) atoms. The van der Waals surface area contributed by atoms with Crippen LogP contribution in [0.3, 0.4) is 0 Å². The van der Waals surface area contributed by atoms with Gasteiger partial charge >= 0.3 is 12.4 Å². The summed E-state index contributed by atoms with van der Waals surface area (Å²) < 4.78 is 77.3. The highest BCUT2D eigenvalue weighted by Crippen LogP contribution is 2.36. The lowest BCUT2D eigenvalue weighted by molar-refractivity contribution is -0.143. The molecular formula is C18H15F6N3O2. The first-order valence-electron chi connectivity index (χ1n) is 8.22. The number of alkyl halides is 6. The number of rotatable bonds is 5. The fourth-order valence-electron chi connectivity index (χ4n) is 2.28. The average molecular weight is 419 g/mol. The van der Waals surface area contributed by atoms with Crippen molar-refractivity contribution < 1.29 is 35.9 Å². The molecule has 1 heterocycles. The highest BCUT2D eigenvalue weighted by molar-refractivity contribution is 5.96. The van der Waals surface area contributed by atoms with E-state index in [0.29, 0.717) is 12.1 Å². The molecule has 2 amide bonds. The molecule has 0 fully saturated rings. The summed E-state index contributed by atoms with van der Waals surface area (Å²) >= 11 is 0. The molecule has 5 nitrogen and oxygen atoms in total. The van der Waals surface area contributed by atoms with E-state index in [4.69, 9.17) is 0 Å². The van der Waals surface area contributed by atoms with Gasteiger partial charge in [0.15, 0.2) is 0 Å². The third-order valence-electron chi connectivity index (χ3n) is 3.71. The minimum Gasteiger partial charge on any atom is -0.348 e. The SMILES string of the molecule is CCC(=O)Nc1cc(C(=O)NCc2cc(C(F)(F)F)cc(C(F)(F)F)c2)ccn1. The molecule has 0 saturated carbocycles. The lowest BCUT2D eigenvalue weighted by atomic mass is 10.0. The Morgan fingerprint density at radius 3 is 2.07 bits per heavy atom. The number of aromatic nitrogens is 1. The predicted molar refractivity (Wildman–Crippen MR) is 90.8 cm³/mol. The largest absolute Gasteiger partial charge is 0.416 e. The maximum Gasteiger partial charge on any atom is 0.416 e. The molecule has 2 rings (SSSR count). The molecule has 0 bridgehead atoms. The van der Waals surface area contributed by atoms with Gasteiger partial charge in [0.05, 0.1) is 11.1 Å². The number of hydrogen-bond donors (Lipinski definition) is 2. The zero-order valence-electron chi connectivity index (χ0n) is 14.9. The molecule has 0 atom stereocenters. The van der Waals surface area contributed by atoms with E-state index in [9.17, 15) is 35.9 Å². The molecule has 2 aromatic rings. The van der Waals surface area contributed by atoms with E-state index in [2.05, 4.69) is 15.6 Å². The van der Waals surface area contributed by atoms with Crippen LogP contribution in [-0.2, 0) is 23.7 Å². The van der Waals surface area contributed by atoms with Crippen LogP contribution in [0.15, 0.2) is 36.5 Å².